The number of pyridine rings is 2. The molecule has 5 heterocycles. The molecule has 0 amide bonds. The van der Waals surface area contributed by atoms with Crippen LogP contribution in [-0.2, 0) is 20.0 Å². The highest BCUT2D eigenvalue weighted by Gasteiger charge is 2.23. The van der Waals surface area contributed by atoms with E-state index >= 15 is 0 Å². The van der Waals surface area contributed by atoms with Crippen LogP contribution in [0.3, 0.4) is 0 Å². The van der Waals surface area contributed by atoms with Gasteiger partial charge >= 0.3 is 0 Å². The molecule has 9 heteroatoms. The van der Waals surface area contributed by atoms with Gasteiger partial charge in [0.1, 0.15) is 23.0 Å². The van der Waals surface area contributed by atoms with Crippen molar-refractivity contribution in [3.05, 3.63) is 71.9 Å². The quantitative estimate of drug-likeness (QED) is 0.440. The van der Waals surface area contributed by atoms with Crippen molar-refractivity contribution in [1.82, 2.24) is 29.1 Å². The number of fused-ring (bicyclic) bond motifs is 1. The smallest absolute Gasteiger partial charge is 0.132 e. The van der Waals surface area contributed by atoms with Crippen molar-refractivity contribution in [1.29, 1.82) is 10.8 Å². The molecule has 1 unspecified atom stereocenters. The summed E-state index contributed by atoms with van der Waals surface area (Å²) in [4.78, 5) is 4.42. The van der Waals surface area contributed by atoms with Crippen molar-refractivity contribution in [2.24, 2.45) is 13.0 Å². The van der Waals surface area contributed by atoms with E-state index < -0.39 is 0 Å². The highest BCUT2D eigenvalue weighted by Crippen LogP contribution is 2.26. The van der Waals surface area contributed by atoms with Gasteiger partial charge in [0.05, 0.1) is 18.9 Å². The second-order valence-electron chi connectivity index (χ2n) is 8.56. The van der Waals surface area contributed by atoms with Gasteiger partial charge in [0.2, 0.25) is 0 Å². The molecule has 33 heavy (non-hydrogen) atoms. The fourth-order valence-corrected chi connectivity index (χ4v) is 4.41. The topological polar surface area (TPSA) is 113 Å². The zero-order valence-electron chi connectivity index (χ0n) is 18.8. The highest BCUT2D eigenvalue weighted by atomic mass is 15.3. The Hall–Kier alpha value is -4.01. The van der Waals surface area contributed by atoms with Crippen LogP contribution in [0.2, 0.25) is 0 Å². The van der Waals surface area contributed by atoms with Gasteiger partial charge in [-0.3, -0.25) is 24.7 Å². The van der Waals surface area contributed by atoms with E-state index in [4.69, 9.17) is 10.8 Å². The summed E-state index contributed by atoms with van der Waals surface area (Å²) in [5.41, 5.74) is 4.37. The normalized spacial score (nSPS) is 15.8. The maximum absolute atomic E-state index is 8.88. The molecule has 0 bridgehead atoms. The first kappa shape index (κ1) is 20.9. The van der Waals surface area contributed by atoms with Crippen molar-refractivity contribution in [2.75, 3.05) is 5.32 Å². The molecule has 0 radical (unpaired) electrons. The van der Waals surface area contributed by atoms with E-state index in [2.05, 4.69) is 26.6 Å². The Morgan fingerprint density at radius 1 is 1.09 bits per heavy atom. The molecule has 3 N–H and O–H groups in total. The average molecular weight is 442 g/mol. The second-order valence-corrected chi connectivity index (χ2v) is 8.56. The maximum atomic E-state index is 8.88. The van der Waals surface area contributed by atoms with Crippen LogP contribution in [-0.4, -0.2) is 34.9 Å². The molecule has 1 aliphatic rings. The van der Waals surface area contributed by atoms with Gasteiger partial charge in [0.25, 0.3) is 0 Å². The summed E-state index contributed by atoms with van der Waals surface area (Å²) in [6.45, 7) is 2.68. The van der Waals surface area contributed by atoms with E-state index in [-0.39, 0.29) is 5.92 Å². The number of hydrogen-bond donors (Lipinski definition) is 3. The van der Waals surface area contributed by atoms with Gasteiger partial charge in [-0.15, -0.1) is 0 Å². The first-order valence-electron chi connectivity index (χ1n) is 11.1. The lowest BCUT2D eigenvalue weighted by atomic mass is 10.0. The van der Waals surface area contributed by atoms with Crippen molar-refractivity contribution < 1.29 is 0 Å². The van der Waals surface area contributed by atoms with Crippen LogP contribution < -0.4 is 10.8 Å². The molecular weight excluding hydrogens is 414 g/mol. The summed E-state index contributed by atoms with van der Waals surface area (Å²) in [6.07, 6.45) is 10.1. The Balaban J connectivity index is 1.44. The standard InChI is InChI=1S/C24H27N9/c1-16-13-29-32(14-16)15-18-4-3-5-20-10-19(11-21(25)33(20)24(18)26)17-6-8-27-22(12-17)30-23-7-9-28-31(23)2/h6-14,18,25-26H,3-5,15H2,1-2H3,(H,27,30). The zero-order valence-corrected chi connectivity index (χ0v) is 18.8. The third kappa shape index (κ3) is 4.21. The number of aryl methyl sites for hydroxylation is 3. The summed E-state index contributed by atoms with van der Waals surface area (Å²) in [7, 11) is 1.87. The Bertz CT molecular complexity index is 1370. The van der Waals surface area contributed by atoms with Gasteiger partial charge in [-0.05, 0) is 67.1 Å². The van der Waals surface area contributed by atoms with Gasteiger partial charge in [0, 0.05) is 37.1 Å². The van der Waals surface area contributed by atoms with Crippen LogP contribution in [0, 0.1) is 23.7 Å². The van der Waals surface area contributed by atoms with Gasteiger partial charge in [-0.2, -0.15) is 10.2 Å². The lowest BCUT2D eigenvalue weighted by molar-refractivity contribution is 0.473. The third-order valence-corrected chi connectivity index (χ3v) is 6.10. The molecular formula is C24H27N9. The molecule has 168 valence electrons. The van der Waals surface area contributed by atoms with Gasteiger partial charge in [-0.25, -0.2) is 4.98 Å². The van der Waals surface area contributed by atoms with Crippen LogP contribution in [0.25, 0.3) is 11.1 Å². The van der Waals surface area contributed by atoms with Crippen molar-refractivity contribution >= 4 is 17.5 Å². The van der Waals surface area contributed by atoms with Crippen LogP contribution >= 0.6 is 0 Å². The van der Waals surface area contributed by atoms with E-state index in [1.807, 2.05) is 55.3 Å². The SMILES string of the molecule is Cc1cnn(CC2CCCc3cc(-c4ccnc(Nc5ccnn5C)c4)cc(=N)n3C2=N)c1. The maximum Gasteiger partial charge on any atom is 0.132 e. The predicted molar refractivity (Wildman–Crippen MR) is 127 cm³/mol. The largest absolute Gasteiger partial charge is 0.325 e. The zero-order chi connectivity index (χ0) is 22.9. The minimum absolute atomic E-state index is 0.0288. The molecule has 0 fully saturated rings. The summed E-state index contributed by atoms with van der Waals surface area (Å²) < 4.78 is 5.46. The average Bonchev–Trinajstić information content (AvgIpc) is 3.35. The fraction of sp³-hybridized carbons (Fsp3) is 0.292. The van der Waals surface area contributed by atoms with Crippen LogP contribution in [0.5, 0.6) is 0 Å². The summed E-state index contributed by atoms with van der Waals surface area (Å²) >= 11 is 0. The molecule has 1 atom stereocenters. The van der Waals surface area contributed by atoms with Crippen LogP contribution in [0.1, 0.15) is 24.1 Å². The second kappa shape index (κ2) is 8.50. The van der Waals surface area contributed by atoms with E-state index in [0.29, 0.717) is 23.7 Å². The lowest BCUT2D eigenvalue weighted by Gasteiger charge is -2.19. The molecule has 1 aliphatic heterocycles. The number of nitrogens with one attached hydrogen (secondary N) is 3. The monoisotopic (exact) mass is 441 g/mol. The van der Waals surface area contributed by atoms with Crippen molar-refractivity contribution in [3.8, 4) is 11.1 Å². The van der Waals surface area contributed by atoms with E-state index in [9.17, 15) is 0 Å². The molecule has 0 aromatic carbocycles. The molecule has 4 aromatic heterocycles. The molecule has 9 nitrogen and oxygen atoms in total. The number of rotatable bonds is 5. The van der Waals surface area contributed by atoms with Crippen LogP contribution in [0.15, 0.2) is 55.1 Å². The minimum atomic E-state index is 0.0288. The van der Waals surface area contributed by atoms with E-state index in [1.165, 1.54) is 0 Å². The Labute approximate surface area is 191 Å². The first-order chi connectivity index (χ1) is 16.0. The van der Waals surface area contributed by atoms with Crippen LogP contribution in [0.4, 0.5) is 11.6 Å². The van der Waals surface area contributed by atoms with E-state index in [0.717, 1.165) is 47.5 Å². The Morgan fingerprint density at radius 3 is 2.73 bits per heavy atom. The number of hydrogen-bond acceptors (Lipinski definition) is 6. The Kier molecular flexibility index (Phi) is 5.37. The molecule has 0 saturated heterocycles. The molecule has 5 rings (SSSR count). The summed E-state index contributed by atoms with van der Waals surface area (Å²) in [6, 6.07) is 9.76. The van der Waals surface area contributed by atoms with Crippen molar-refractivity contribution in [3.63, 3.8) is 0 Å². The molecule has 0 saturated carbocycles. The van der Waals surface area contributed by atoms with Gasteiger partial charge in [0.15, 0.2) is 0 Å². The molecule has 0 aliphatic carbocycles. The third-order valence-electron chi connectivity index (χ3n) is 6.10. The summed E-state index contributed by atoms with van der Waals surface area (Å²) in [5, 5.41) is 29.5. The molecule has 0 spiro atoms. The number of anilines is 2. The molecule has 4 aromatic rings. The predicted octanol–water partition coefficient (Wildman–Crippen LogP) is 3.49. The van der Waals surface area contributed by atoms with Gasteiger partial charge in [-0.1, -0.05) is 0 Å². The van der Waals surface area contributed by atoms with Gasteiger partial charge < -0.3 is 5.32 Å². The summed E-state index contributed by atoms with van der Waals surface area (Å²) in [5.74, 6) is 2.07. The van der Waals surface area contributed by atoms with E-state index in [1.54, 1.807) is 21.6 Å². The van der Waals surface area contributed by atoms with Crippen molar-refractivity contribution in [2.45, 2.75) is 32.7 Å². The Morgan fingerprint density at radius 2 is 1.97 bits per heavy atom. The minimum Gasteiger partial charge on any atom is -0.325 e. The fourth-order valence-electron chi connectivity index (χ4n) is 4.41. The highest BCUT2D eigenvalue weighted by molar-refractivity contribution is 5.85. The number of nitrogens with zero attached hydrogens (tertiary/aromatic N) is 6. The number of aromatic nitrogens is 6. The lowest BCUT2D eigenvalue weighted by Crippen LogP contribution is -2.34. The first-order valence-corrected chi connectivity index (χ1v) is 11.1.